The zero-order valence-corrected chi connectivity index (χ0v) is 16.5. The van der Waals surface area contributed by atoms with Gasteiger partial charge < -0.3 is 5.11 Å². The van der Waals surface area contributed by atoms with Crippen LogP contribution in [-0.4, -0.2) is 5.11 Å². The zero-order valence-electron chi connectivity index (χ0n) is 16.5. The molecule has 1 aromatic rings. The van der Waals surface area contributed by atoms with Crippen molar-refractivity contribution in [3.05, 3.63) is 47.7 Å². The first-order chi connectivity index (χ1) is 12.5. The molecule has 3 saturated carbocycles. The molecule has 0 saturated heterocycles. The van der Waals surface area contributed by atoms with Crippen LogP contribution in [0, 0.1) is 34.5 Å². The van der Waals surface area contributed by atoms with E-state index in [1.165, 1.54) is 44.9 Å². The normalized spacial score (nSPS) is 47.5. The molecule has 140 valence electrons. The highest BCUT2D eigenvalue weighted by Crippen LogP contribution is 2.69. The van der Waals surface area contributed by atoms with Crippen molar-refractivity contribution < 1.29 is 5.11 Å². The number of allylic oxidation sites excluding steroid dienone is 2. The van der Waals surface area contributed by atoms with Crippen LogP contribution >= 0.6 is 0 Å². The molecule has 1 aromatic carbocycles. The average molecular weight is 351 g/mol. The Morgan fingerprint density at radius 1 is 0.885 bits per heavy atom. The van der Waals surface area contributed by atoms with E-state index in [4.69, 9.17) is 0 Å². The minimum atomic E-state index is 0.0628. The van der Waals surface area contributed by atoms with Gasteiger partial charge in [-0.05, 0) is 98.0 Å². The van der Waals surface area contributed by atoms with Gasteiger partial charge in [-0.15, -0.1) is 0 Å². The van der Waals surface area contributed by atoms with Gasteiger partial charge in [0.05, 0.1) is 5.76 Å². The molecule has 2 unspecified atom stereocenters. The molecule has 0 aromatic heterocycles. The van der Waals surface area contributed by atoms with Gasteiger partial charge in [0.15, 0.2) is 0 Å². The Balaban J connectivity index is 1.48. The van der Waals surface area contributed by atoms with Gasteiger partial charge >= 0.3 is 0 Å². The maximum atomic E-state index is 10.9. The van der Waals surface area contributed by atoms with Crippen molar-refractivity contribution in [2.45, 2.75) is 71.1 Å². The first-order valence-electron chi connectivity index (χ1n) is 11.0. The summed E-state index contributed by atoms with van der Waals surface area (Å²) in [5, 5.41) is 10.9. The molecule has 7 atom stereocenters. The number of benzene rings is 1. The molecule has 4 aliphatic carbocycles. The van der Waals surface area contributed by atoms with Crippen molar-refractivity contribution >= 4 is 0 Å². The van der Waals surface area contributed by atoms with Crippen LogP contribution in [0.1, 0.15) is 76.7 Å². The molecule has 0 amide bonds. The highest BCUT2D eigenvalue weighted by Gasteiger charge is 2.60. The third-order valence-electron chi connectivity index (χ3n) is 9.51. The smallest absolute Gasteiger partial charge is 0.0947 e. The molecule has 3 fully saturated rings. The van der Waals surface area contributed by atoms with Gasteiger partial charge in [0.1, 0.15) is 0 Å². The van der Waals surface area contributed by atoms with Crippen LogP contribution in [0.5, 0.6) is 0 Å². The molecule has 1 nitrogen and oxygen atoms in total. The Kier molecular flexibility index (Phi) is 3.82. The van der Waals surface area contributed by atoms with E-state index in [1.807, 2.05) is 0 Å². The maximum absolute atomic E-state index is 10.9. The predicted molar refractivity (Wildman–Crippen MR) is 107 cm³/mol. The van der Waals surface area contributed by atoms with Crippen molar-refractivity contribution in [1.29, 1.82) is 0 Å². The van der Waals surface area contributed by atoms with Crippen molar-refractivity contribution in [1.82, 2.24) is 0 Å². The molecular formula is C25H34O. The highest BCUT2D eigenvalue weighted by molar-refractivity contribution is 5.27. The number of fused-ring (bicyclic) bond motifs is 5. The van der Waals surface area contributed by atoms with Crippen molar-refractivity contribution in [3.8, 4) is 0 Å². The Labute approximate surface area is 158 Å². The number of rotatable bonds is 1. The third kappa shape index (κ3) is 2.15. The standard InChI is InChI=1S/C25H34O/c1-24-16-15-22-19(12-11-18-9-6-10-23(26)25(18,22)2)21(24)14-13-20(24)17-7-4-3-5-8-17/h3-5,7-8,10,18-22,26H,6,9,11-16H2,1-2H3/t18?,19-,20?,21-,22-,24+,25-/m0/s1. The fourth-order valence-electron chi connectivity index (χ4n) is 8.15. The average Bonchev–Trinajstić information content (AvgIpc) is 3.01. The summed E-state index contributed by atoms with van der Waals surface area (Å²) in [6, 6.07) is 11.3. The van der Waals surface area contributed by atoms with Crippen molar-refractivity contribution in [3.63, 3.8) is 0 Å². The number of hydrogen-bond donors (Lipinski definition) is 1. The monoisotopic (exact) mass is 350 g/mol. The lowest BCUT2D eigenvalue weighted by molar-refractivity contribution is -0.0926. The summed E-state index contributed by atoms with van der Waals surface area (Å²) in [4.78, 5) is 0. The van der Waals surface area contributed by atoms with E-state index in [2.05, 4.69) is 50.3 Å². The molecule has 26 heavy (non-hydrogen) atoms. The van der Waals surface area contributed by atoms with Crippen LogP contribution < -0.4 is 0 Å². The molecule has 1 heteroatoms. The van der Waals surface area contributed by atoms with Gasteiger partial charge in [-0.2, -0.15) is 0 Å². The minimum Gasteiger partial charge on any atom is -0.512 e. The van der Waals surface area contributed by atoms with Gasteiger partial charge in [0.25, 0.3) is 0 Å². The minimum absolute atomic E-state index is 0.0628. The summed E-state index contributed by atoms with van der Waals surface area (Å²) in [6.45, 7) is 5.01. The molecule has 0 aliphatic heterocycles. The second kappa shape index (κ2) is 5.88. The van der Waals surface area contributed by atoms with E-state index < -0.39 is 0 Å². The molecule has 1 N–H and O–H groups in total. The Morgan fingerprint density at radius 2 is 1.69 bits per heavy atom. The quantitative estimate of drug-likeness (QED) is 0.586. The maximum Gasteiger partial charge on any atom is 0.0947 e. The lowest BCUT2D eigenvalue weighted by atomic mass is 9.45. The molecular weight excluding hydrogens is 316 g/mol. The Morgan fingerprint density at radius 3 is 2.50 bits per heavy atom. The summed E-state index contributed by atoms with van der Waals surface area (Å²) in [7, 11) is 0. The molecule has 0 radical (unpaired) electrons. The lowest BCUT2D eigenvalue weighted by Crippen LogP contribution is -2.53. The fourth-order valence-corrected chi connectivity index (χ4v) is 8.15. The zero-order chi connectivity index (χ0) is 17.9. The first-order valence-corrected chi connectivity index (χ1v) is 11.0. The molecule has 0 bridgehead atoms. The molecule has 0 spiro atoms. The van der Waals surface area contributed by atoms with Crippen LogP contribution in [0.2, 0.25) is 0 Å². The lowest BCUT2D eigenvalue weighted by Gasteiger charge is -2.59. The predicted octanol–water partition coefficient (Wildman–Crippen LogP) is 6.86. The second-order valence-electron chi connectivity index (χ2n) is 10.2. The largest absolute Gasteiger partial charge is 0.512 e. The van der Waals surface area contributed by atoms with Gasteiger partial charge in [-0.25, -0.2) is 0 Å². The summed E-state index contributed by atoms with van der Waals surface area (Å²) < 4.78 is 0. The molecule has 5 rings (SSSR count). The number of hydrogen-bond acceptors (Lipinski definition) is 1. The van der Waals surface area contributed by atoms with Gasteiger partial charge in [0.2, 0.25) is 0 Å². The van der Waals surface area contributed by atoms with Crippen LogP contribution in [0.4, 0.5) is 0 Å². The van der Waals surface area contributed by atoms with Gasteiger partial charge in [0, 0.05) is 5.41 Å². The highest BCUT2D eigenvalue weighted by atomic mass is 16.3. The third-order valence-corrected chi connectivity index (χ3v) is 9.51. The van der Waals surface area contributed by atoms with Crippen molar-refractivity contribution in [2.24, 2.45) is 34.5 Å². The van der Waals surface area contributed by atoms with Crippen LogP contribution in [0.3, 0.4) is 0 Å². The molecule has 4 aliphatic rings. The van der Waals surface area contributed by atoms with Crippen LogP contribution in [0.25, 0.3) is 0 Å². The summed E-state index contributed by atoms with van der Waals surface area (Å²) >= 11 is 0. The van der Waals surface area contributed by atoms with Crippen molar-refractivity contribution in [2.75, 3.05) is 0 Å². The van der Waals surface area contributed by atoms with E-state index in [9.17, 15) is 5.11 Å². The topological polar surface area (TPSA) is 20.2 Å². The van der Waals surface area contributed by atoms with Gasteiger partial charge in [-0.1, -0.05) is 44.2 Å². The first kappa shape index (κ1) is 16.9. The number of aliphatic hydroxyl groups is 1. The van der Waals surface area contributed by atoms with E-state index in [-0.39, 0.29) is 5.41 Å². The van der Waals surface area contributed by atoms with E-state index in [1.54, 1.807) is 5.56 Å². The van der Waals surface area contributed by atoms with Crippen LogP contribution in [0.15, 0.2) is 42.2 Å². The van der Waals surface area contributed by atoms with E-state index in [0.717, 1.165) is 29.9 Å². The summed E-state index contributed by atoms with van der Waals surface area (Å²) in [5.74, 6) is 4.55. The second-order valence-corrected chi connectivity index (χ2v) is 10.2. The summed E-state index contributed by atoms with van der Waals surface area (Å²) in [5.41, 5.74) is 2.09. The SMILES string of the molecule is C[C@]12C(O)=CCCC1CC[C@@H]1[C@@H]2CC[C@]2(C)C(c3ccccc3)CC[C@@H]12. The van der Waals surface area contributed by atoms with E-state index in [0.29, 0.717) is 17.3 Å². The van der Waals surface area contributed by atoms with E-state index >= 15 is 0 Å². The molecule has 0 heterocycles. The Bertz CT molecular complexity index is 706. The summed E-state index contributed by atoms with van der Waals surface area (Å²) in [6.07, 6.45) is 12.7. The Hall–Kier alpha value is -1.24. The fraction of sp³-hybridized carbons (Fsp3) is 0.680. The van der Waals surface area contributed by atoms with Gasteiger partial charge in [-0.3, -0.25) is 0 Å². The number of aliphatic hydroxyl groups excluding tert-OH is 1. The van der Waals surface area contributed by atoms with Crippen LogP contribution in [-0.2, 0) is 0 Å².